The van der Waals surface area contributed by atoms with Crippen LogP contribution in [0.25, 0.3) is 10.3 Å². The largest absolute Gasteiger partial charge is 0.332 e. The molecule has 7 nitrogen and oxygen atoms in total. The predicted octanol–water partition coefficient (Wildman–Crippen LogP) is 4.97. The molecule has 8 heteroatoms. The van der Waals surface area contributed by atoms with Gasteiger partial charge in [0.2, 0.25) is 0 Å². The molecular weight excluding hydrogens is 422 g/mol. The van der Waals surface area contributed by atoms with E-state index in [0.29, 0.717) is 22.0 Å². The maximum atomic E-state index is 13.6. The number of carbonyl (C=O) groups is 2. The summed E-state index contributed by atoms with van der Waals surface area (Å²) in [6.45, 7) is 8.90. The van der Waals surface area contributed by atoms with E-state index in [-0.39, 0.29) is 22.9 Å². The van der Waals surface area contributed by atoms with E-state index in [9.17, 15) is 9.59 Å². The molecule has 3 heterocycles. The topological polar surface area (TPSA) is 80.1 Å². The van der Waals surface area contributed by atoms with E-state index in [4.69, 9.17) is 5.10 Å². The lowest BCUT2D eigenvalue weighted by molar-refractivity contribution is 0.0567. The second-order valence-corrected chi connectivity index (χ2v) is 11.1. The Balaban J connectivity index is 1.51. The van der Waals surface area contributed by atoms with Crippen LogP contribution in [0.2, 0.25) is 0 Å². The average Bonchev–Trinajstić information content (AvgIpc) is 3.22. The van der Waals surface area contributed by atoms with Gasteiger partial charge in [-0.2, -0.15) is 10.1 Å². The van der Waals surface area contributed by atoms with Crippen molar-refractivity contribution in [2.45, 2.75) is 70.9 Å². The Morgan fingerprint density at radius 3 is 2.47 bits per heavy atom. The van der Waals surface area contributed by atoms with Crippen molar-refractivity contribution >= 4 is 38.6 Å². The van der Waals surface area contributed by atoms with Gasteiger partial charge in [0.25, 0.3) is 11.8 Å². The number of anilines is 1. The quantitative estimate of drug-likeness (QED) is 0.610. The third-order valence-corrected chi connectivity index (χ3v) is 7.48. The number of nitrogens with one attached hydrogen (secondary N) is 1. The molecule has 2 fully saturated rings. The van der Waals surface area contributed by atoms with E-state index >= 15 is 0 Å². The Bertz CT molecular complexity index is 1200. The normalized spacial score (nSPS) is 17.7. The SMILES string of the molecule is Cc1ccc(C(=O)Nc2nc3c(s2)c(C(=O)N2CCCCC24CC4)nn3C(C)(C)C)cc1. The van der Waals surface area contributed by atoms with Crippen molar-refractivity contribution in [1.29, 1.82) is 0 Å². The summed E-state index contributed by atoms with van der Waals surface area (Å²) in [5.41, 5.74) is 2.47. The molecule has 5 rings (SSSR count). The number of benzene rings is 1. The first kappa shape index (κ1) is 21.1. The Labute approximate surface area is 191 Å². The third kappa shape index (κ3) is 3.60. The van der Waals surface area contributed by atoms with Crippen molar-refractivity contribution in [3.05, 3.63) is 41.1 Å². The highest BCUT2D eigenvalue weighted by Crippen LogP contribution is 2.49. The number of piperidine rings is 1. The van der Waals surface area contributed by atoms with E-state index in [1.807, 2.05) is 44.5 Å². The number of rotatable bonds is 3. The summed E-state index contributed by atoms with van der Waals surface area (Å²) in [6, 6.07) is 7.42. The Morgan fingerprint density at radius 1 is 1.09 bits per heavy atom. The summed E-state index contributed by atoms with van der Waals surface area (Å²) in [5.74, 6) is -0.215. The Morgan fingerprint density at radius 2 is 1.81 bits per heavy atom. The highest BCUT2D eigenvalue weighted by molar-refractivity contribution is 7.22. The summed E-state index contributed by atoms with van der Waals surface area (Å²) in [7, 11) is 0. The average molecular weight is 452 g/mol. The highest BCUT2D eigenvalue weighted by atomic mass is 32.1. The summed E-state index contributed by atoms with van der Waals surface area (Å²) in [6.07, 6.45) is 5.48. The van der Waals surface area contributed by atoms with Crippen LogP contribution in [0.1, 0.15) is 79.3 Å². The van der Waals surface area contributed by atoms with E-state index in [1.54, 1.807) is 12.1 Å². The molecule has 1 aliphatic carbocycles. The zero-order valence-electron chi connectivity index (χ0n) is 19.1. The molecule has 32 heavy (non-hydrogen) atoms. The number of nitrogens with zero attached hydrogens (tertiary/aromatic N) is 4. The molecule has 1 aromatic carbocycles. The maximum Gasteiger partial charge on any atom is 0.276 e. The molecule has 0 bridgehead atoms. The lowest BCUT2D eigenvalue weighted by Crippen LogP contribution is -2.45. The second kappa shape index (κ2) is 7.40. The molecule has 0 unspecified atom stereocenters. The molecule has 2 aromatic heterocycles. The zero-order valence-corrected chi connectivity index (χ0v) is 19.9. The summed E-state index contributed by atoms with van der Waals surface area (Å²) >= 11 is 1.33. The van der Waals surface area contributed by atoms with Crippen LogP contribution in [0.5, 0.6) is 0 Å². The van der Waals surface area contributed by atoms with Crippen molar-refractivity contribution in [3.63, 3.8) is 0 Å². The number of likely N-dealkylation sites (tertiary alicyclic amines) is 1. The van der Waals surface area contributed by atoms with Crippen LogP contribution in [0.15, 0.2) is 24.3 Å². The number of aromatic nitrogens is 3. The van der Waals surface area contributed by atoms with E-state index in [1.165, 1.54) is 17.8 Å². The highest BCUT2D eigenvalue weighted by Gasteiger charge is 2.51. The second-order valence-electron chi connectivity index (χ2n) is 10.1. The molecule has 2 aliphatic rings. The molecule has 1 N–H and O–H groups in total. The minimum Gasteiger partial charge on any atom is -0.332 e. The van der Waals surface area contributed by atoms with Gasteiger partial charge in [0, 0.05) is 17.6 Å². The molecule has 0 atom stereocenters. The fourth-order valence-corrected chi connectivity index (χ4v) is 5.46. The van der Waals surface area contributed by atoms with Gasteiger partial charge in [-0.25, -0.2) is 4.68 Å². The van der Waals surface area contributed by atoms with Crippen LogP contribution >= 0.6 is 11.3 Å². The Kier molecular flexibility index (Phi) is 4.89. The van der Waals surface area contributed by atoms with Crippen molar-refractivity contribution in [1.82, 2.24) is 19.7 Å². The monoisotopic (exact) mass is 451 g/mol. The fourth-order valence-electron chi connectivity index (χ4n) is 4.54. The van der Waals surface area contributed by atoms with Crippen LogP contribution in [0, 0.1) is 6.92 Å². The lowest BCUT2D eigenvalue weighted by atomic mass is 9.99. The molecule has 1 spiro atoms. The van der Waals surface area contributed by atoms with E-state index < -0.39 is 0 Å². The minimum absolute atomic E-state index is 0.00439. The number of aryl methyl sites for hydroxylation is 1. The van der Waals surface area contributed by atoms with Crippen molar-refractivity contribution in [3.8, 4) is 0 Å². The number of carbonyl (C=O) groups excluding carboxylic acids is 2. The predicted molar refractivity (Wildman–Crippen MR) is 126 cm³/mol. The standard InChI is InChI=1S/C24H29N5O2S/c1-15-7-9-16(10-8-15)20(30)26-22-25-19-18(32-22)17(27-29(19)23(2,3)4)21(31)28-14-6-5-11-24(28)12-13-24/h7-10H,5-6,11-14H2,1-4H3,(H,25,26,30). The van der Waals surface area contributed by atoms with Gasteiger partial charge in [0.1, 0.15) is 4.70 Å². The van der Waals surface area contributed by atoms with Crippen LogP contribution in [0.4, 0.5) is 5.13 Å². The molecule has 2 amide bonds. The first-order valence-electron chi connectivity index (χ1n) is 11.3. The zero-order chi connectivity index (χ0) is 22.7. The van der Waals surface area contributed by atoms with E-state index in [2.05, 4.69) is 15.2 Å². The molecule has 1 saturated heterocycles. The fraction of sp³-hybridized carbons (Fsp3) is 0.500. The van der Waals surface area contributed by atoms with Crippen molar-refractivity contribution in [2.24, 2.45) is 0 Å². The van der Waals surface area contributed by atoms with Gasteiger partial charge in [0.05, 0.1) is 5.54 Å². The first-order chi connectivity index (χ1) is 15.2. The van der Waals surface area contributed by atoms with Gasteiger partial charge in [-0.1, -0.05) is 29.0 Å². The first-order valence-corrected chi connectivity index (χ1v) is 12.1. The number of fused-ring (bicyclic) bond motifs is 1. The minimum atomic E-state index is -0.345. The van der Waals surface area contributed by atoms with Gasteiger partial charge in [-0.15, -0.1) is 0 Å². The van der Waals surface area contributed by atoms with Gasteiger partial charge < -0.3 is 4.90 Å². The number of hydrogen-bond donors (Lipinski definition) is 1. The smallest absolute Gasteiger partial charge is 0.276 e. The van der Waals surface area contributed by atoms with E-state index in [0.717, 1.165) is 42.5 Å². The van der Waals surface area contributed by atoms with Crippen molar-refractivity contribution < 1.29 is 9.59 Å². The van der Waals surface area contributed by atoms with Gasteiger partial charge in [0.15, 0.2) is 16.5 Å². The van der Waals surface area contributed by atoms with Crippen molar-refractivity contribution in [2.75, 3.05) is 11.9 Å². The molecular formula is C24H29N5O2S. The number of amides is 2. The maximum absolute atomic E-state index is 13.6. The summed E-state index contributed by atoms with van der Waals surface area (Å²) < 4.78 is 2.56. The van der Waals surface area contributed by atoms with Crippen LogP contribution in [0.3, 0.4) is 0 Å². The molecule has 1 saturated carbocycles. The molecule has 0 radical (unpaired) electrons. The molecule has 3 aromatic rings. The number of thiazole rings is 1. The van der Waals surface area contributed by atoms with Crippen LogP contribution in [-0.2, 0) is 5.54 Å². The molecule has 1 aliphatic heterocycles. The molecule has 168 valence electrons. The Hall–Kier alpha value is -2.74. The van der Waals surface area contributed by atoms with Gasteiger partial charge >= 0.3 is 0 Å². The van der Waals surface area contributed by atoms with Gasteiger partial charge in [-0.05, 0) is 71.9 Å². The summed E-state index contributed by atoms with van der Waals surface area (Å²) in [4.78, 5) is 33.1. The third-order valence-electron chi connectivity index (χ3n) is 6.52. The van der Waals surface area contributed by atoms with Gasteiger partial charge in [-0.3, -0.25) is 14.9 Å². The van der Waals surface area contributed by atoms with Crippen LogP contribution < -0.4 is 5.32 Å². The number of hydrogen-bond acceptors (Lipinski definition) is 5. The van der Waals surface area contributed by atoms with Crippen LogP contribution in [-0.4, -0.2) is 43.6 Å². The lowest BCUT2D eigenvalue weighted by Gasteiger charge is -2.35. The summed E-state index contributed by atoms with van der Waals surface area (Å²) in [5, 5.41) is 8.13.